The first-order chi connectivity index (χ1) is 7.71. The van der Waals surface area contributed by atoms with Gasteiger partial charge in [0.05, 0.1) is 10.6 Å². The third kappa shape index (κ3) is 2.27. The maximum Gasteiger partial charge on any atom is 0.417 e. The maximum absolute atomic E-state index is 12.6. The first kappa shape index (κ1) is 12.3. The van der Waals surface area contributed by atoms with E-state index in [4.69, 9.17) is 16.3 Å². The monoisotopic (exact) mass is 262 g/mol. The van der Waals surface area contributed by atoms with Crippen molar-refractivity contribution >= 4 is 17.7 Å². The van der Waals surface area contributed by atoms with E-state index in [0.29, 0.717) is 5.75 Å². The van der Waals surface area contributed by atoms with E-state index in [2.05, 4.69) is 0 Å². The summed E-state index contributed by atoms with van der Waals surface area (Å²) < 4.78 is 43.4. The Kier molecular flexibility index (Phi) is 2.65. The van der Waals surface area contributed by atoms with Crippen LogP contribution >= 0.6 is 11.6 Å². The Labute approximate surface area is 102 Å². The molecule has 0 radical (unpaired) electrons. The standard InChI is InChI=1S/C12H10ClF3O/c1-11(2)6-5-7-9(17-11)4-3-8(10(7)13)12(14,15)16/h3-6H,1-2H3. The Morgan fingerprint density at radius 1 is 1.24 bits per heavy atom. The molecule has 92 valence electrons. The fourth-order valence-corrected chi connectivity index (χ4v) is 1.97. The van der Waals surface area contributed by atoms with E-state index in [1.54, 1.807) is 12.2 Å². The number of rotatable bonds is 0. The summed E-state index contributed by atoms with van der Waals surface area (Å²) in [7, 11) is 0. The second-order valence-corrected chi connectivity index (χ2v) is 4.75. The van der Waals surface area contributed by atoms with Crippen LogP contribution in [0.4, 0.5) is 13.2 Å². The fraction of sp³-hybridized carbons (Fsp3) is 0.333. The predicted octanol–water partition coefficient (Wildman–Crippen LogP) is 4.54. The van der Waals surface area contributed by atoms with Crippen molar-refractivity contribution in [1.82, 2.24) is 0 Å². The molecule has 0 aliphatic carbocycles. The zero-order valence-electron chi connectivity index (χ0n) is 9.23. The van der Waals surface area contributed by atoms with Crippen LogP contribution in [0.3, 0.4) is 0 Å². The second-order valence-electron chi connectivity index (χ2n) is 4.38. The average Bonchev–Trinajstić information content (AvgIpc) is 2.13. The van der Waals surface area contributed by atoms with E-state index in [9.17, 15) is 13.2 Å². The molecule has 0 spiro atoms. The lowest BCUT2D eigenvalue weighted by Crippen LogP contribution is -2.27. The number of hydrogen-bond donors (Lipinski definition) is 0. The molecule has 0 unspecified atom stereocenters. The molecule has 1 heterocycles. The molecule has 0 bridgehead atoms. The van der Waals surface area contributed by atoms with E-state index in [-0.39, 0.29) is 10.6 Å². The van der Waals surface area contributed by atoms with Crippen LogP contribution in [0.2, 0.25) is 5.02 Å². The Morgan fingerprint density at radius 3 is 2.47 bits per heavy atom. The molecule has 0 saturated carbocycles. The van der Waals surface area contributed by atoms with E-state index >= 15 is 0 Å². The predicted molar refractivity (Wildman–Crippen MR) is 60.2 cm³/mol. The van der Waals surface area contributed by atoms with Crippen molar-refractivity contribution < 1.29 is 17.9 Å². The van der Waals surface area contributed by atoms with Gasteiger partial charge in [-0.2, -0.15) is 13.2 Å². The van der Waals surface area contributed by atoms with E-state index in [0.717, 1.165) is 6.07 Å². The van der Waals surface area contributed by atoms with Gasteiger partial charge in [-0.3, -0.25) is 0 Å². The van der Waals surface area contributed by atoms with Gasteiger partial charge in [-0.1, -0.05) is 11.6 Å². The van der Waals surface area contributed by atoms with Crippen molar-refractivity contribution in [1.29, 1.82) is 0 Å². The van der Waals surface area contributed by atoms with E-state index in [1.165, 1.54) is 6.07 Å². The lowest BCUT2D eigenvalue weighted by atomic mass is 10.0. The van der Waals surface area contributed by atoms with Gasteiger partial charge in [0.15, 0.2) is 0 Å². The number of benzene rings is 1. The molecule has 0 fully saturated rings. The van der Waals surface area contributed by atoms with Crippen molar-refractivity contribution in [2.75, 3.05) is 0 Å². The first-order valence-corrected chi connectivity index (χ1v) is 5.36. The summed E-state index contributed by atoms with van der Waals surface area (Å²) in [5.74, 6) is 0.371. The third-order valence-electron chi connectivity index (χ3n) is 2.47. The summed E-state index contributed by atoms with van der Waals surface area (Å²) in [6, 6.07) is 2.24. The van der Waals surface area contributed by atoms with Crippen LogP contribution in [-0.4, -0.2) is 5.60 Å². The average molecular weight is 263 g/mol. The van der Waals surface area contributed by atoms with Crippen molar-refractivity contribution in [3.8, 4) is 5.75 Å². The zero-order chi connectivity index (χ0) is 12.8. The molecule has 1 aromatic rings. The Morgan fingerprint density at radius 2 is 1.88 bits per heavy atom. The molecular formula is C12H10ClF3O. The summed E-state index contributed by atoms with van der Waals surface area (Å²) in [4.78, 5) is 0. The van der Waals surface area contributed by atoms with Gasteiger partial charge in [0.1, 0.15) is 11.4 Å². The molecule has 0 atom stereocenters. The van der Waals surface area contributed by atoms with E-state index in [1.807, 2.05) is 13.8 Å². The summed E-state index contributed by atoms with van der Waals surface area (Å²) in [6.07, 6.45) is -1.20. The van der Waals surface area contributed by atoms with Gasteiger partial charge >= 0.3 is 6.18 Å². The highest BCUT2D eigenvalue weighted by Gasteiger charge is 2.35. The summed E-state index contributed by atoms with van der Waals surface area (Å²) in [5.41, 5.74) is -1.09. The topological polar surface area (TPSA) is 9.23 Å². The molecule has 5 heteroatoms. The van der Waals surface area contributed by atoms with Crippen LogP contribution in [0.1, 0.15) is 25.0 Å². The van der Waals surface area contributed by atoms with Crippen molar-refractivity contribution in [2.24, 2.45) is 0 Å². The minimum Gasteiger partial charge on any atom is -0.483 e. The Bertz CT molecular complexity index is 489. The molecule has 0 amide bonds. The molecule has 1 aromatic carbocycles. The van der Waals surface area contributed by atoms with Gasteiger partial charge in [0.25, 0.3) is 0 Å². The highest BCUT2D eigenvalue weighted by molar-refractivity contribution is 6.33. The van der Waals surface area contributed by atoms with Crippen LogP contribution in [0.5, 0.6) is 5.75 Å². The number of ether oxygens (including phenoxy) is 1. The zero-order valence-corrected chi connectivity index (χ0v) is 9.99. The lowest BCUT2D eigenvalue weighted by Gasteiger charge is -2.28. The molecular weight excluding hydrogens is 253 g/mol. The highest BCUT2D eigenvalue weighted by atomic mass is 35.5. The molecule has 1 aliphatic rings. The molecule has 0 saturated heterocycles. The summed E-state index contributed by atoms with van der Waals surface area (Å²) in [6.45, 7) is 3.63. The van der Waals surface area contributed by atoms with Gasteiger partial charge in [0.2, 0.25) is 0 Å². The third-order valence-corrected chi connectivity index (χ3v) is 2.88. The first-order valence-electron chi connectivity index (χ1n) is 4.99. The van der Waals surface area contributed by atoms with Crippen LogP contribution < -0.4 is 4.74 Å². The van der Waals surface area contributed by atoms with Gasteiger partial charge in [-0.05, 0) is 38.1 Å². The molecule has 2 rings (SSSR count). The molecule has 0 N–H and O–H groups in total. The van der Waals surface area contributed by atoms with Crippen LogP contribution in [0, 0.1) is 0 Å². The lowest BCUT2D eigenvalue weighted by molar-refractivity contribution is -0.137. The fourth-order valence-electron chi connectivity index (χ4n) is 1.64. The number of fused-ring (bicyclic) bond motifs is 1. The summed E-state index contributed by atoms with van der Waals surface area (Å²) in [5, 5.41) is -0.318. The van der Waals surface area contributed by atoms with Crippen LogP contribution in [0.25, 0.3) is 6.08 Å². The highest BCUT2D eigenvalue weighted by Crippen LogP contribution is 2.42. The second kappa shape index (κ2) is 3.67. The molecule has 17 heavy (non-hydrogen) atoms. The Hall–Kier alpha value is -1.16. The minimum atomic E-state index is -4.45. The SMILES string of the molecule is CC1(C)C=Cc2c(ccc(C(F)(F)F)c2Cl)O1. The smallest absolute Gasteiger partial charge is 0.417 e. The van der Waals surface area contributed by atoms with Gasteiger partial charge in [-0.25, -0.2) is 0 Å². The van der Waals surface area contributed by atoms with E-state index < -0.39 is 17.3 Å². The van der Waals surface area contributed by atoms with Crippen molar-refractivity contribution in [3.63, 3.8) is 0 Å². The Balaban J connectivity index is 2.56. The molecule has 1 aliphatic heterocycles. The van der Waals surface area contributed by atoms with Gasteiger partial charge in [-0.15, -0.1) is 0 Å². The quantitative estimate of drug-likeness (QED) is 0.667. The maximum atomic E-state index is 12.6. The van der Waals surface area contributed by atoms with Crippen LogP contribution in [-0.2, 0) is 6.18 Å². The number of alkyl halides is 3. The largest absolute Gasteiger partial charge is 0.483 e. The van der Waals surface area contributed by atoms with Gasteiger partial charge in [0, 0.05) is 5.56 Å². The molecule has 0 aromatic heterocycles. The normalized spacial score (nSPS) is 17.5. The number of hydrogen-bond acceptors (Lipinski definition) is 1. The van der Waals surface area contributed by atoms with Crippen LogP contribution in [0.15, 0.2) is 18.2 Å². The minimum absolute atomic E-state index is 0.279. The van der Waals surface area contributed by atoms with Crippen molar-refractivity contribution in [3.05, 3.63) is 34.4 Å². The van der Waals surface area contributed by atoms with Crippen molar-refractivity contribution in [2.45, 2.75) is 25.6 Å². The number of halogens is 4. The molecule has 1 nitrogen and oxygen atoms in total. The summed E-state index contributed by atoms with van der Waals surface area (Å²) >= 11 is 5.75. The van der Waals surface area contributed by atoms with Gasteiger partial charge < -0.3 is 4.74 Å².